The lowest BCUT2D eigenvalue weighted by Gasteiger charge is -2.39. The fourth-order valence-electron chi connectivity index (χ4n) is 9.37. The molecule has 0 spiro atoms. The molecule has 0 radical (unpaired) electrons. The molecule has 0 bridgehead atoms. The number of halogens is 2. The van der Waals surface area contributed by atoms with Crippen LogP contribution in [0.25, 0.3) is 0 Å². The maximum atomic E-state index is 13.1. The molecule has 63 heavy (non-hydrogen) atoms. The minimum Gasteiger partial charge on any atom is -0.324 e. The van der Waals surface area contributed by atoms with E-state index in [9.17, 15) is 8.78 Å². The molecule has 0 aliphatic rings. The van der Waals surface area contributed by atoms with Gasteiger partial charge in [-0.2, -0.15) is 12.6 Å². The smallest absolute Gasteiger partial charge is 0.120 e. The lowest BCUT2D eigenvalue weighted by molar-refractivity contribution is -0.929. The highest BCUT2D eigenvalue weighted by Gasteiger charge is 2.25. The molecule has 0 aromatic heterocycles. The highest BCUT2D eigenvalue weighted by Crippen LogP contribution is 2.18. The number of hydrogen-bond donors (Lipinski definition) is 0. The van der Waals surface area contributed by atoms with Crippen molar-refractivity contribution in [2.45, 2.75) is 204 Å². The zero-order valence-electron chi connectivity index (χ0n) is 44.3. The number of quaternary nitrogens is 2. The van der Waals surface area contributed by atoms with E-state index in [-0.39, 0.29) is 26.2 Å². The molecule has 3 aromatic carbocycles. The topological polar surface area (TPSA) is 0 Å². The van der Waals surface area contributed by atoms with Crippen LogP contribution in [0.1, 0.15) is 195 Å². The van der Waals surface area contributed by atoms with Gasteiger partial charge in [0.1, 0.15) is 11.6 Å². The predicted molar refractivity (Wildman–Crippen MR) is 287 cm³/mol. The van der Waals surface area contributed by atoms with E-state index >= 15 is 0 Å². The van der Waals surface area contributed by atoms with Crippen LogP contribution in [0.2, 0.25) is 6.32 Å². The third-order valence-electron chi connectivity index (χ3n) is 14.0. The first kappa shape index (κ1) is 60.6. The van der Waals surface area contributed by atoms with E-state index < -0.39 is 0 Å². The third kappa shape index (κ3) is 29.7. The maximum absolute atomic E-state index is 13.1. The van der Waals surface area contributed by atoms with E-state index in [1.54, 1.807) is 18.2 Å². The van der Waals surface area contributed by atoms with Gasteiger partial charge < -0.3 is 8.97 Å². The highest BCUT2D eigenvalue weighted by atomic mass is 19.1. The Bertz CT molecular complexity index is 1350. The minimum absolute atomic E-state index is 0.0825. The normalized spacial score (nSPS) is 11.3. The van der Waals surface area contributed by atoms with Gasteiger partial charge in [-0.25, -0.2) is 19.7 Å². The van der Waals surface area contributed by atoms with Gasteiger partial charge in [-0.05, 0) is 84.6 Å². The zero-order valence-corrected chi connectivity index (χ0v) is 44.3. The summed E-state index contributed by atoms with van der Waals surface area (Å²) in [7, 11) is -0.361. The summed E-state index contributed by atoms with van der Waals surface area (Å²) in [6.45, 7) is 36.4. The summed E-state index contributed by atoms with van der Waals surface area (Å²) in [6.07, 6.45) is 27.0. The second-order valence-electron chi connectivity index (χ2n) is 19.7. The Kier molecular flexibility index (Phi) is 38.4. The summed E-state index contributed by atoms with van der Waals surface area (Å²) >= 11 is 0. The first-order valence-corrected chi connectivity index (χ1v) is 27.4. The SMILES string of the molecule is CCCC[BH2-]c1cc(F)ccc1C.CCCC[N+](CCCC)(CCCC)CCCC.CCCC[N+](CCCC)(CCCC)CCCC.Cc1ccc(F)cc1[BH2-]Cc1ccccc1. The first-order valence-electron chi connectivity index (χ1n) is 27.4. The standard InChI is InChI=1S/2C16H36N.C14H15BF.C11H17BF/c2*1-5-9-13-17(14-10-6-2,15-11-7-3)16-12-8-4;1-11-7-8-13(16)9-14(11)15-10-12-5-3-2-4-6-12;1-3-4-7-12-11-8-10(13)6-5-9(11)2/h2*5-16H2,1-4H3;2-9H,10,15H2,1H3;5-6,8H,3-4,7,12H2,1-2H3/q2*+1;2*-1. The maximum Gasteiger partial charge on any atom is 0.120 e. The Morgan fingerprint density at radius 1 is 0.381 bits per heavy atom. The molecule has 2 nitrogen and oxygen atoms in total. The van der Waals surface area contributed by atoms with Crippen molar-refractivity contribution in [3.8, 4) is 0 Å². The van der Waals surface area contributed by atoms with Gasteiger partial charge in [0.25, 0.3) is 0 Å². The zero-order chi connectivity index (χ0) is 47.0. The van der Waals surface area contributed by atoms with Crippen LogP contribution in [-0.2, 0) is 6.32 Å². The molecule has 0 N–H and O–H groups in total. The van der Waals surface area contributed by atoms with E-state index in [0.717, 1.165) is 6.32 Å². The number of benzene rings is 3. The van der Waals surface area contributed by atoms with E-state index in [1.807, 2.05) is 18.2 Å². The Hall–Kier alpha value is -2.43. The van der Waals surface area contributed by atoms with Gasteiger partial charge in [0.2, 0.25) is 0 Å². The molecule has 362 valence electrons. The molecule has 0 atom stereocenters. The molecule has 0 unspecified atom stereocenters. The minimum atomic E-state index is -0.270. The first-order chi connectivity index (χ1) is 30.5. The molecule has 3 rings (SSSR count). The van der Waals surface area contributed by atoms with Gasteiger partial charge in [0.15, 0.2) is 0 Å². The van der Waals surface area contributed by atoms with Crippen LogP contribution in [0.15, 0.2) is 66.7 Å². The van der Waals surface area contributed by atoms with Crippen LogP contribution in [0.4, 0.5) is 8.78 Å². The van der Waals surface area contributed by atoms with Gasteiger partial charge in [-0.15, -0.1) is 0 Å². The molecule has 0 saturated heterocycles. The molecule has 0 saturated carbocycles. The number of unbranched alkanes of at least 4 members (excludes halogenated alkanes) is 9. The summed E-state index contributed by atoms with van der Waals surface area (Å²) in [6, 6.07) is 20.7. The van der Waals surface area contributed by atoms with Crippen LogP contribution in [-0.4, -0.2) is 75.9 Å². The fraction of sp³-hybridized carbons (Fsp3) is 0.684. The van der Waals surface area contributed by atoms with Crippen molar-refractivity contribution >= 4 is 25.5 Å². The number of hydrogen-bond acceptors (Lipinski definition) is 0. The lowest BCUT2D eigenvalue weighted by atomic mass is 9.64. The lowest BCUT2D eigenvalue weighted by Crippen LogP contribution is -2.50. The monoisotopic (exact) mass is 877 g/mol. The van der Waals surface area contributed by atoms with Crippen LogP contribution < -0.4 is 10.9 Å². The van der Waals surface area contributed by atoms with E-state index in [4.69, 9.17) is 0 Å². The average Bonchev–Trinajstić information content (AvgIpc) is 3.30. The van der Waals surface area contributed by atoms with Gasteiger partial charge in [-0.3, -0.25) is 0 Å². The van der Waals surface area contributed by atoms with E-state index in [2.05, 4.69) is 100 Å². The van der Waals surface area contributed by atoms with Crippen molar-refractivity contribution in [3.63, 3.8) is 0 Å². The van der Waals surface area contributed by atoms with Crippen LogP contribution >= 0.6 is 0 Å². The summed E-state index contributed by atoms with van der Waals surface area (Å²) in [5.74, 6) is -0.196. The van der Waals surface area contributed by atoms with Gasteiger partial charge >= 0.3 is 0 Å². The summed E-state index contributed by atoms with van der Waals surface area (Å²) in [4.78, 5) is 0. The molecule has 0 aliphatic carbocycles. The average molecular weight is 877 g/mol. The van der Waals surface area contributed by atoms with Gasteiger partial charge in [0.05, 0.1) is 52.4 Å². The number of rotatable bonds is 31. The Balaban J connectivity index is 0.000000817. The number of nitrogens with zero attached hydrogens (tertiary/aromatic N) is 2. The molecule has 3 aromatic rings. The van der Waals surface area contributed by atoms with Crippen molar-refractivity contribution in [1.29, 1.82) is 0 Å². The van der Waals surface area contributed by atoms with Crippen LogP contribution in [0, 0.1) is 25.5 Å². The second kappa shape index (κ2) is 39.9. The van der Waals surface area contributed by atoms with Crippen LogP contribution in [0.5, 0.6) is 0 Å². The Morgan fingerprint density at radius 2 is 0.683 bits per heavy atom. The molecular weight excluding hydrogens is 772 g/mol. The fourth-order valence-corrected chi connectivity index (χ4v) is 9.37. The summed E-state index contributed by atoms with van der Waals surface area (Å²) in [5, 5.41) is 0. The quantitative estimate of drug-likeness (QED) is 0.0343. The van der Waals surface area contributed by atoms with Crippen molar-refractivity contribution in [1.82, 2.24) is 0 Å². The second-order valence-corrected chi connectivity index (χ2v) is 19.7. The molecule has 0 heterocycles. The van der Waals surface area contributed by atoms with Gasteiger partial charge in [0, 0.05) is 7.28 Å². The predicted octanol–water partition coefficient (Wildman–Crippen LogP) is 14.3. The highest BCUT2D eigenvalue weighted by molar-refractivity contribution is 6.54. The van der Waals surface area contributed by atoms with E-state index in [1.165, 1.54) is 217 Å². The molecule has 0 aliphatic heterocycles. The van der Waals surface area contributed by atoms with Gasteiger partial charge in [-0.1, -0.05) is 198 Å². The number of aryl methyl sites for hydroxylation is 2. The Morgan fingerprint density at radius 3 is 0.984 bits per heavy atom. The van der Waals surface area contributed by atoms with Crippen molar-refractivity contribution in [2.24, 2.45) is 0 Å². The largest absolute Gasteiger partial charge is 0.324 e. The molecular formula is C57H104B2F2N2. The summed E-state index contributed by atoms with van der Waals surface area (Å²) < 4.78 is 28.8. The summed E-state index contributed by atoms with van der Waals surface area (Å²) in [5.41, 5.74) is 6.35. The van der Waals surface area contributed by atoms with E-state index in [0.29, 0.717) is 0 Å². The van der Waals surface area contributed by atoms with Crippen molar-refractivity contribution < 1.29 is 17.7 Å². The van der Waals surface area contributed by atoms with Crippen LogP contribution in [0.3, 0.4) is 0 Å². The molecule has 6 heteroatoms. The van der Waals surface area contributed by atoms with Crippen molar-refractivity contribution in [3.05, 3.63) is 95.1 Å². The third-order valence-corrected chi connectivity index (χ3v) is 14.0. The molecule has 0 amide bonds. The Labute approximate surface area is 393 Å². The molecule has 0 fully saturated rings. The van der Waals surface area contributed by atoms with Crippen molar-refractivity contribution in [2.75, 3.05) is 52.4 Å².